The Bertz CT molecular complexity index is 482. The number of piperidine rings is 1. The molecule has 2 atom stereocenters. The first-order valence-corrected chi connectivity index (χ1v) is 7.31. The molecule has 1 amide bonds. The first kappa shape index (κ1) is 18.0. The number of carbonyl (C=O) groups excluding carboxylic acids is 1. The van der Waals surface area contributed by atoms with Gasteiger partial charge < -0.3 is 15.2 Å². The fourth-order valence-electron chi connectivity index (χ4n) is 2.62. The van der Waals surface area contributed by atoms with E-state index in [9.17, 15) is 4.79 Å². The zero-order chi connectivity index (χ0) is 14.9. The van der Waals surface area contributed by atoms with Crippen molar-refractivity contribution in [2.45, 2.75) is 52.0 Å². The highest BCUT2D eigenvalue weighted by Crippen LogP contribution is 2.26. The maximum Gasteiger partial charge on any atom is 0.276 e. The monoisotopic (exact) mass is 315 g/mol. The average molecular weight is 316 g/mol. The van der Waals surface area contributed by atoms with Crippen LogP contribution in [0.2, 0.25) is 0 Å². The number of likely N-dealkylation sites (tertiary alicyclic amines) is 1. The third kappa shape index (κ3) is 3.98. The summed E-state index contributed by atoms with van der Waals surface area (Å²) in [6.07, 6.45) is 1.98. The molecule has 2 rings (SSSR count). The number of hydrogen-bond acceptors (Lipinski definition) is 4. The number of nitrogens with zero attached hydrogens (tertiary/aromatic N) is 2. The maximum atomic E-state index is 12.6. The van der Waals surface area contributed by atoms with Gasteiger partial charge in [0.05, 0.1) is 0 Å². The molecule has 1 aliphatic heterocycles. The molecule has 0 bridgehead atoms. The van der Waals surface area contributed by atoms with Gasteiger partial charge in [0.15, 0.2) is 5.69 Å². The van der Waals surface area contributed by atoms with Gasteiger partial charge in [0.2, 0.25) is 0 Å². The Morgan fingerprint density at radius 3 is 2.71 bits per heavy atom. The molecule has 1 aliphatic rings. The number of hydrogen-bond donors (Lipinski definition) is 1. The van der Waals surface area contributed by atoms with Crippen molar-refractivity contribution in [2.75, 3.05) is 13.1 Å². The van der Waals surface area contributed by atoms with E-state index in [1.807, 2.05) is 25.7 Å². The van der Waals surface area contributed by atoms with E-state index < -0.39 is 0 Å². The summed E-state index contributed by atoms with van der Waals surface area (Å²) in [6, 6.07) is 1.87. The molecule has 6 heteroatoms. The molecule has 1 saturated heterocycles. The molecule has 1 fully saturated rings. The molecule has 0 saturated carbocycles. The Balaban J connectivity index is 0.00000220. The first-order chi connectivity index (χ1) is 9.32. The van der Waals surface area contributed by atoms with E-state index in [0.717, 1.165) is 25.1 Å². The van der Waals surface area contributed by atoms with Gasteiger partial charge in [-0.25, -0.2) is 0 Å². The molecule has 0 aliphatic carbocycles. The van der Waals surface area contributed by atoms with Gasteiger partial charge in [-0.3, -0.25) is 4.79 Å². The highest BCUT2D eigenvalue weighted by atomic mass is 35.5. The van der Waals surface area contributed by atoms with Crippen molar-refractivity contribution in [3.8, 4) is 0 Å². The Morgan fingerprint density at radius 1 is 1.52 bits per heavy atom. The van der Waals surface area contributed by atoms with E-state index in [1.165, 1.54) is 0 Å². The molecule has 2 N–H and O–H groups in total. The standard InChI is InChI=1S/C15H25N3O2.ClH/c1-10-5-6-18(11(7-10)9-16)14(19)12-8-13(20-17-12)15(2,3)4;/h8,10-11H,5-7,9,16H2,1-4H3;1H. The summed E-state index contributed by atoms with van der Waals surface area (Å²) in [5, 5.41) is 3.94. The lowest BCUT2D eigenvalue weighted by molar-refractivity contribution is 0.0563. The number of nitrogens with two attached hydrogens (primary N) is 1. The van der Waals surface area contributed by atoms with Crippen molar-refractivity contribution < 1.29 is 9.32 Å². The molecule has 0 radical (unpaired) electrons. The molecule has 2 unspecified atom stereocenters. The van der Waals surface area contributed by atoms with Gasteiger partial charge in [-0.1, -0.05) is 32.9 Å². The lowest BCUT2D eigenvalue weighted by Crippen LogP contribution is -2.49. The van der Waals surface area contributed by atoms with Crippen LogP contribution in [-0.2, 0) is 5.41 Å². The molecule has 1 aromatic rings. The summed E-state index contributed by atoms with van der Waals surface area (Å²) in [5.74, 6) is 1.29. The molecular weight excluding hydrogens is 290 g/mol. The normalized spacial score (nSPS) is 22.8. The van der Waals surface area contributed by atoms with Crippen molar-refractivity contribution in [3.05, 3.63) is 17.5 Å². The van der Waals surface area contributed by atoms with Crippen molar-refractivity contribution in [2.24, 2.45) is 11.7 Å². The van der Waals surface area contributed by atoms with Gasteiger partial charge in [-0.05, 0) is 18.8 Å². The minimum absolute atomic E-state index is 0. The lowest BCUT2D eigenvalue weighted by atomic mass is 9.91. The minimum Gasteiger partial charge on any atom is -0.360 e. The van der Waals surface area contributed by atoms with Gasteiger partial charge >= 0.3 is 0 Å². The molecule has 0 spiro atoms. The molecule has 0 aromatic carbocycles. The van der Waals surface area contributed by atoms with Crippen molar-refractivity contribution in [1.29, 1.82) is 0 Å². The van der Waals surface area contributed by atoms with Crippen LogP contribution in [0.1, 0.15) is 56.8 Å². The Labute approximate surface area is 132 Å². The van der Waals surface area contributed by atoms with Crippen LogP contribution in [-0.4, -0.2) is 35.1 Å². The van der Waals surface area contributed by atoms with Crippen molar-refractivity contribution in [3.63, 3.8) is 0 Å². The highest BCUT2D eigenvalue weighted by Gasteiger charge is 2.32. The van der Waals surface area contributed by atoms with E-state index >= 15 is 0 Å². The second-order valence-electron chi connectivity index (χ2n) is 6.84. The molecule has 1 aromatic heterocycles. The van der Waals surface area contributed by atoms with Gasteiger partial charge in [-0.2, -0.15) is 0 Å². The lowest BCUT2D eigenvalue weighted by Gasteiger charge is -2.37. The second kappa shape index (κ2) is 6.79. The molecular formula is C15H26ClN3O2. The summed E-state index contributed by atoms with van der Waals surface area (Å²) in [6.45, 7) is 9.56. The maximum absolute atomic E-state index is 12.6. The van der Waals surface area contributed by atoms with Crippen LogP contribution >= 0.6 is 12.4 Å². The molecule has 5 nitrogen and oxygen atoms in total. The van der Waals surface area contributed by atoms with Gasteiger partial charge in [-0.15, -0.1) is 12.4 Å². The summed E-state index contributed by atoms with van der Waals surface area (Å²) < 4.78 is 5.30. The highest BCUT2D eigenvalue weighted by molar-refractivity contribution is 5.92. The number of amides is 1. The van der Waals surface area contributed by atoms with Crippen LogP contribution in [0.15, 0.2) is 10.6 Å². The van der Waals surface area contributed by atoms with E-state index in [-0.39, 0.29) is 29.8 Å². The van der Waals surface area contributed by atoms with E-state index in [4.69, 9.17) is 10.3 Å². The van der Waals surface area contributed by atoms with Crippen LogP contribution in [0.3, 0.4) is 0 Å². The van der Waals surface area contributed by atoms with Crippen LogP contribution in [0.4, 0.5) is 0 Å². The number of halogens is 1. The molecule has 120 valence electrons. The van der Waals surface area contributed by atoms with E-state index in [2.05, 4.69) is 12.1 Å². The van der Waals surface area contributed by atoms with E-state index in [1.54, 1.807) is 6.07 Å². The predicted octanol–water partition coefficient (Wildman–Crippen LogP) is 2.59. The zero-order valence-corrected chi connectivity index (χ0v) is 14.1. The largest absolute Gasteiger partial charge is 0.360 e. The van der Waals surface area contributed by atoms with Crippen LogP contribution in [0.5, 0.6) is 0 Å². The Hall–Kier alpha value is -1.07. The van der Waals surface area contributed by atoms with Crippen molar-refractivity contribution in [1.82, 2.24) is 10.1 Å². The predicted molar refractivity (Wildman–Crippen MR) is 84.7 cm³/mol. The number of aromatic nitrogens is 1. The quantitative estimate of drug-likeness (QED) is 0.910. The molecule has 2 heterocycles. The number of carbonyl (C=O) groups is 1. The topological polar surface area (TPSA) is 72.4 Å². The minimum atomic E-state index is -0.144. The summed E-state index contributed by atoms with van der Waals surface area (Å²) in [4.78, 5) is 14.4. The average Bonchev–Trinajstić information content (AvgIpc) is 2.87. The van der Waals surface area contributed by atoms with E-state index in [0.29, 0.717) is 18.2 Å². The van der Waals surface area contributed by atoms with Crippen LogP contribution < -0.4 is 5.73 Å². The summed E-state index contributed by atoms with van der Waals surface area (Å²) in [5.41, 5.74) is 6.06. The second-order valence-corrected chi connectivity index (χ2v) is 6.84. The fourth-order valence-corrected chi connectivity index (χ4v) is 2.62. The Kier molecular flexibility index (Phi) is 5.82. The van der Waals surface area contributed by atoms with Crippen LogP contribution in [0.25, 0.3) is 0 Å². The van der Waals surface area contributed by atoms with Gasteiger partial charge in [0.25, 0.3) is 5.91 Å². The summed E-state index contributed by atoms with van der Waals surface area (Å²) >= 11 is 0. The third-order valence-corrected chi connectivity index (χ3v) is 3.98. The summed E-state index contributed by atoms with van der Waals surface area (Å²) in [7, 11) is 0. The SMILES string of the molecule is CC1CCN(C(=O)c2cc(C(C)(C)C)on2)C(CN)C1.Cl. The zero-order valence-electron chi connectivity index (χ0n) is 13.3. The smallest absolute Gasteiger partial charge is 0.276 e. The number of rotatable bonds is 2. The van der Waals surface area contributed by atoms with Crippen molar-refractivity contribution >= 4 is 18.3 Å². The van der Waals surface area contributed by atoms with Crippen LogP contribution in [0, 0.1) is 5.92 Å². The van der Waals surface area contributed by atoms with Gasteiger partial charge in [0.1, 0.15) is 5.76 Å². The third-order valence-electron chi connectivity index (χ3n) is 3.98. The first-order valence-electron chi connectivity index (χ1n) is 7.31. The van der Waals surface area contributed by atoms with Gasteiger partial charge in [0, 0.05) is 30.6 Å². The molecule has 21 heavy (non-hydrogen) atoms. The Morgan fingerprint density at radius 2 is 2.19 bits per heavy atom. The fraction of sp³-hybridized carbons (Fsp3) is 0.733.